The van der Waals surface area contributed by atoms with E-state index in [0.717, 1.165) is 28.0 Å². The van der Waals surface area contributed by atoms with Crippen LogP contribution in [0.3, 0.4) is 0 Å². The zero-order valence-corrected chi connectivity index (χ0v) is 11.3. The van der Waals surface area contributed by atoms with Crippen LogP contribution in [0.15, 0.2) is 42.5 Å². The number of benzene rings is 2. The molecule has 2 heteroatoms. The molecule has 0 unspecified atom stereocenters. The lowest BCUT2D eigenvalue weighted by atomic mass is 10.0. The first-order chi connectivity index (χ1) is 9.22. The van der Waals surface area contributed by atoms with E-state index >= 15 is 0 Å². The molecule has 0 aliphatic rings. The lowest BCUT2D eigenvalue weighted by Crippen LogP contribution is -2.01. The van der Waals surface area contributed by atoms with Gasteiger partial charge in [0.2, 0.25) is 0 Å². The van der Waals surface area contributed by atoms with Crippen molar-refractivity contribution < 1.29 is 4.74 Å². The van der Waals surface area contributed by atoms with E-state index < -0.39 is 0 Å². The van der Waals surface area contributed by atoms with E-state index in [1.165, 1.54) is 0 Å². The minimum Gasteiger partial charge on any atom is -0.488 e. The minimum absolute atomic E-state index is 0.424. The Balaban J connectivity index is 2.20. The van der Waals surface area contributed by atoms with Gasteiger partial charge in [-0.25, -0.2) is 0 Å². The Hall–Kier alpha value is -2.27. The minimum atomic E-state index is 0.424. The van der Waals surface area contributed by atoms with Crippen molar-refractivity contribution in [3.63, 3.8) is 0 Å². The highest BCUT2D eigenvalue weighted by atomic mass is 16.5. The number of hydrogen-bond acceptors (Lipinski definition) is 2. The molecule has 0 saturated carbocycles. The van der Waals surface area contributed by atoms with E-state index in [9.17, 15) is 0 Å². The second kappa shape index (κ2) is 6.06. The molecule has 2 nitrogen and oxygen atoms in total. The largest absolute Gasteiger partial charge is 0.488 e. The summed E-state index contributed by atoms with van der Waals surface area (Å²) in [6, 6.07) is 16.3. The van der Waals surface area contributed by atoms with Crippen LogP contribution in [0, 0.1) is 25.2 Å². The summed E-state index contributed by atoms with van der Waals surface area (Å²) < 4.78 is 5.93. The van der Waals surface area contributed by atoms with Crippen LogP contribution < -0.4 is 4.74 Å². The lowest BCUT2D eigenvalue weighted by molar-refractivity contribution is 0.301. The predicted molar refractivity (Wildman–Crippen MR) is 76.0 cm³/mol. The second-order valence-electron chi connectivity index (χ2n) is 4.60. The van der Waals surface area contributed by atoms with Crippen molar-refractivity contribution in [1.82, 2.24) is 0 Å². The highest BCUT2D eigenvalue weighted by Gasteiger charge is 2.08. The molecule has 96 valence electrons. The molecule has 0 aromatic heterocycles. The average molecular weight is 251 g/mol. The van der Waals surface area contributed by atoms with Crippen LogP contribution in [0.25, 0.3) is 0 Å². The van der Waals surface area contributed by atoms with E-state index in [1.807, 2.05) is 56.3 Å². The molecule has 2 aromatic carbocycles. The summed E-state index contributed by atoms with van der Waals surface area (Å²) in [7, 11) is 0. The molecule has 0 spiro atoms. The number of nitriles is 1. The fourth-order valence-electron chi connectivity index (χ4n) is 2.10. The summed E-state index contributed by atoms with van der Waals surface area (Å²) in [5.41, 5.74) is 4.36. The number of hydrogen-bond donors (Lipinski definition) is 0. The number of ether oxygens (including phenoxy) is 1. The quantitative estimate of drug-likeness (QED) is 0.824. The van der Waals surface area contributed by atoms with Gasteiger partial charge in [-0.1, -0.05) is 42.5 Å². The number of nitrogens with zero attached hydrogens (tertiary/aromatic N) is 1. The first kappa shape index (κ1) is 13.2. The maximum Gasteiger partial charge on any atom is 0.125 e. The van der Waals surface area contributed by atoms with Crippen LogP contribution in [0.1, 0.15) is 22.3 Å². The summed E-state index contributed by atoms with van der Waals surface area (Å²) in [6.45, 7) is 4.60. The van der Waals surface area contributed by atoms with Gasteiger partial charge in [0.1, 0.15) is 12.4 Å². The Morgan fingerprint density at radius 1 is 1.05 bits per heavy atom. The molecular weight excluding hydrogens is 234 g/mol. The van der Waals surface area contributed by atoms with Crippen molar-refractivity contribution in [2.24, 2.45) is 0 Å². The van der Waals surface area contributed by atoms with Crippen LogP contribution in [0.4, 0.5) is 0 Å². The van der Waals surface area contributed by atoms with Crippen molar-refractivity contribution in [3.05, 3.63) is 64.7 Å². The highest BCUT2D eigenvalue weighted by molar-refractivity contribution is 5.46. The second-order valence-corrected chi connectivity index (χ2v) is 4.60. The predicted octanol–water partition coefficient (Wildman–Crippen LogP) is 3.95. The van der Waals surface area contributed by atoms with Crippen LogP contribution in [-0.2, 0) is 13.0 Å². The van der Waals surface area contributed by atoms with Crippen LogP contribution in [0.5, 0.6) is 5.75 Å². The molecule has 0 atom stereocenters. The van der Waals surface area contributed by atoms with Gasteiger partial charge in [0.25, 0.3) is 0 Å². The summed E-state index contributed by atoms with van der Waals surface area (Å²) in [5.74, 6) is 0.900. The van der Waals surface area contributed by atoms with Crippen LogP contribution >= 0.6 is 0 Å². The molecule has 0 N–H and O–H groups in total. The van der Waals surface area contributed by atoms with Crippen molar-refractivity contribution in [1.29, 1.82) is 5.26 Å². The van der Waals surface area contributed by atoms with Gasteiger partial charge >= 0.3 is 0 Å². The normalized spacial score (nSPS) is 9.95. The molecular formula is C17H17NO. The lowest BCUT2D eigenvalue weighted by Gasteiger charge is -2.14. The standard InChI is InChI=1S/C17H17NO/c1-13-8-9-16(10-11-18)14(2)17(13)19-12-15-6-4-3-5-7-15/h3-9H,10,12H2,1-2H3. The molecule has 0 heterocycles. The molecule has 0 saturated heterocycles. The molecule has 19 heavy (non-hydrogen) atoms. The van der Waals surface area contributed by atoms with Gasteiger partial charge < -0.3 is 4.74 Å². The van der Waals surface area contributed by atoms with Gasteiger partial charge in [0.05, 0.1) is 12.5 Å². The maximum absolute atomic E-state index is 8.82. The maximum atomic E-state index is 8.82. The van der Waals surface area contributed by atoms with Crippen LogP contribution in [-0.4, -0.2) is 0 Å². The summed E-state index contributed by atoms with van der Waals surface area (Å²) in [6.07, 6.45) is 0.424. The van der Waals surface area contributed by atoms with Gasteiger partial charge in [0.15, 0.2) is 0 Å². The fraction of sp³-hybridized carbons (Fsp3) is 0.235. The van der Waals surface area contributed by atoms with Gasteiger partial charge in [-0.15, -0.1) is 0 Å². The Morgan fingerprint density at radius 2 is 1.79 bits per heavy atom. The SMILES string of the molecule is Cc1ccc(CC#N)c(C)c1OCc1ccccc1. The molecule has 0 aliphatic carbocycles. The Labute approximate surface area is 114 Å². The van der Waals surface area contributed by atoms with Gasteiger partial charge in [0, 0.05) is 0 Å². The first-order valence-corrected chi connectivity index (χ1v) is 6.35. The monoisotopic (exact) mass is 251 g/mol. The molecule has 0 amide bonds. The van der Waals surface area contributed by atoms with Crippen molar-refractivity contribution in [2.45, 2.75) is 26.9 Å². The summed E-state index contributed by atoms with van der Waals surface area (Å²) in [4.78, 5) is 0. The first-order valence-electron chi connectivity index (χ1n) is 6.35. The highest BCUT2D eigenvalue weighted by Crippen LogP contribution is 2.27. The van der Waals surface area contributed by atoms with Gasteiger partial charge in [-0.3, -0.25) is 0 Å². The van der Waals surface area contributed by atoms with E-state index in [-0.39, 0.29) is 0 Å². The third kappa shape index (κ3) is 3.14. The zero-order chi connectivity index (χ0) is 13.7. The van der Waals surface area contributed by atoms with Crippen molar-refractivity contribution in [3.8, 4) is 11.8 Å². The average Bonchev–Trinajstić information content (AvgIpc) is 2.43. The Bertz CT molecular complexity index is 597. The zero-order valence-electron chi connectivity index (χ0n) is 11.3. The topological polar surface area (TPSA) is 33.0 Å². The summed E-state index contributed by atoms with van der Waals surface area (Å²) >= 11 is 0. The van der Waals surface area contributed by atoms with Crippen molar-refractivity contribution in [2.75, 3.05) is 0 Å². The van der Waals surface area contributed by atoms with Gasteiger partial charge in [-0.2, -0.15) is 5.26 Å². The van der Waals surface area contributed by atoms with E-state index in [0.29, 0.717) is 13.0 Å². The number of aryl methyl sites for hydroxylation is 1. The number of rotatable bonds is 4. The molecule has 0 radical (unpaired) electrons. The molecule has 0 bridgehead atoms. The van der Waals surface area contributed by atoms with Crippen LogP contribution in [0.2, 0.25) is 0 Å². The van der Waals surface area contributed by atoms with E-state index in [4.69, 9.17) is 10.00 Å². The smallest absolute Gasteiger partial charge is 0.125 e. The summed E-state index contributed by atoms with van der Waals surface area (Å²) in [5, 5.41) is 8.82. The molecule has 0 fully saturated rings. The van der Waals surface area contributed by atoms with Gasteiger partial charge in [-0.05, 0) is 36.1 Å². The fourth-order valence-corrected chi connectivity index (χ4v) is 2.10. The Kier molecular flexibility index (Phi) is 4.20. The molecule has 2 aromatic rings. The Morgan fingerprint density at radius 3 is 2.47 bits per heavy atom. The third-order valence-corrected chi connectivity index (χ3v) is 3.21. The third-order valence-electron chi connectivity index (χ3n) is 3.21. The van der Waals surface area contributed by atoms with E-state index in [2.05, 4.69) is 6.07 Å². The molecule has 2 rings (SSSR count). The van der Waals surface area contributed by atoms with E-state index in [1.54, 1.807) is 0 Å². The molecule has 0 aliphatic heterocycles. The van der Waals surface area contributed by atoms with Crippen molar-refractivity contribution >= 4 is 0 Å².